The monoisotopic (exact) mass is 220 g/mol. The van der Waals surface area contributed by atoms with Crippen molar-refractivity contribution in [3.63, 3.8) is 0 Å². The number of methoxy groups -OCH3 is 1. The number of aryl methyl sites for hydroxylation is 1. The number of hydrogen-bond donors (Lipinski definition) is 2. The number of amides is 1. The summed E-state index contributed by atoms with van der Waals surface area (Å²) in [5, 5.41) is 6.06. The number of benzene rings is 1. The molecule has 1 aliphatic rings. The van der Waals surface area contributed by atoms with E-state index in [0.29, 0.717) is 0 Å². The molecular formula is C12H16N2O2. The molecular weight excluding hydrogens is 204 g/mol. The maximum absolute atomic E-state index is 11.8. The van der Waals surface area contributed by atoms with Crippen molar-refractivity contribution in [2.24, 2.45) is 0 Å². The van der Waals surface area contributed by atoms with Gasteiger partial charge in [-0.1, -0.05) is 6.92 Å². The fraction of sp³-hybridized carbons (Fsp3) is 0.417. The van der Waals surface area contributed by atoms with Gasteiger partial charge >= 0.3 is 0 Å². The molecule has 1 aromatic rings. The van der Waals surface area contributed by atoms with Crippen molar-refractivity contribution in [3.8, 4) is 5.75 Å². The molecule has 0 radical (unpaired) electrons. The molecule has 0 spiro atoms. The molecule has 0 saturated heterocycles. The highest BCUT2D eigenvalue weighted by Crippen LogP contribution is 2.36. The van der Waals surface area contributed by atoms with Crippen molar-refractivity contribution in [2.45, 2.75) is 19.9 Å². The number of fused-ring (bicyclic) bond motifs is 1. The minimum atomic E-state index is -0.256. The quantitative estimate of drug-likeness (QED) is 0.813. The highest BCUT2D eigenvalue weighted by atomic mass is 16.5. The highest BCUT2D eigenvalue weighted by Gasteiger charge is 2.31. The number of ether oxygens (including phenoxy) is 1. The Morgan fingerprint density at radius 1 is 1.50 bits per heavy atom. The van der Waals surface area contributed by atoms with Crippen molar-refractivity contribution in [1.82, 2.24) is 5.32 Å². The van der Waals surface area contributed by atoms with Crippen molar-refractivity contribution < 1.29 is 9.53 Å². The van der Waals surface area contributed by atoms with Crippen LogP contribution in [0.25, 0.3) is 0 Å². The third-order valence-electron chi connectivity index (χ3n) is 2.80. The van der Waals surface area contributed by atoms with E-state index in [4.69, 9.17) is 4.74 Å². The maximum atomic E-state index is 11.8. The Labute approximate surface area is 95.0 Å². The fourth-order valence-electron chi connectivity index (χ4n) is 2.04. The molecule has 4 heteroatoms. The van der Waals surface area contributed by atoms with E-state index in [1.54, 1.807) is 7.11 Å². The summed E-state index contributed by atoms with van der Waals surface area (Å²) in [7, 11) is 1.63. The standard InChI is InChI=1S/C12H16N2O2/c1-4-13-11-9-6-8(16-3)5-7(2)10(9)14-12(11)15/h5-6,11,13H,4H2,1-3H3,(H,14,15). The number of rotatable bonds is 3. The van der Waals surface area contributed by atoms with Gasteiger partial charge in [0.2, 0.25) is 5.91 Å². The van der Waals surface area contributed by atoms with Crippen LogP contribution in [0.2, 0.25) is 0 Å². The zero-order valence-corrected chi connectivity index (χ0v) is 9.76. The minimum Gasteiger partial charge on any atom is -0.497 e. The molecule has 0 bridgehead atoms. The Morgan fingerprint density at radius 2 is 2.25 bits per heavy atom. The number of hydrogen-bond acceptors (Lipinski definition) is 3. The van der Waals surface area contributed by atoms with E-state index >= 15 is 0 Å². The summed E-state index contributed by atoms with van der Waals surface area (Å²) in [6.07, 6.45) is 0. The molecule has 2 N–H and O–H groups in total. The topological polar surface area (TPSA) is 50.4 Å². The van der Waals surface area contributed by atoms with Crippen LogP contribution in [0.4, 0.5) is 5.69 Å². The number of carbonyl (C=O) groups is 1. The molecule has 1 heterocycles. The van der Waals surface area contributed by atoms with Gasteiger partial charge in [-0.3, -0.25) is 4.79 Å². The van der Waals surface area contributed by atoms with Crippen molar-refractivity contribution >= 4 is 11.6 Å². The first-order chi connectivity index (χ1) is 7.67. The van der Waals surface area contributed by atoms with E-state index < -0.39 is 0 Å². The summed E-state index contributed by atoms with van der Waals surface area (Å²) >= 11 is 0. The number of nitrogens with one attached hydrogen (secondary N) is 2. The van der Waals surface area contributed by atoms with Gasteiger partial charge in [0.05, 0.1) is 7.11 Å². The summed E-state index contributed by atoms with van der Waals surface area (Å²) in [6, 6.07) is 3.58. The van der Waals surface area contributed by atoms with Crippen LogP contribution in [0.3, 0.4) is 0 Å². The lowest BCUT2D eigenvalue weighted by Crippen LogP contribution is -2.27. The molecule has 1 atom stereocenters. The average Bonchev–Trinajstić information content (AvgIpc) is 2.58. The Hall–Kier alpha value is -1.55. The average molecular weight is 220 g/mol. The summed E-state index contributed by atoms with van der Waals surface area (Å²) in [4.78, 5) is 11.8. The van der Waals surface area contributed by atoms with Crippen LogP contribution in [-0.4, -0.2) is 19.6 Å². The van der Waals surface area contributed by atoms with E-state index in [1.165, 1.54) is 0 Å². The molecule has 0 fully saturated rings. The predicted octanol–water partition coefficient (Wildman–Crippen LogP) is 1.61. The van der Waals surface area contributed by atoms with Gasteiger partial charge in [-0.15, -0.1) is 0 Å². The van der Waals surface area contributed by atoms with E-state index in [0.717, 1.165) is 29.1 Å². The minimum absolute atomic E-state index is 0.00760. The second kappa shape index (κ2) is 4.14. The molecule has 1 unspecified atom stereocenters. The van der Waals surface area contributed by atoms with Crippen molar-refractivity contribution in [3.05, 3.63) is 23.3 Å². The zero-order chi connectivity index (χ0) is 11.7. The predicted molar refractivity (Wildman–Crippen MR) is 62.8 cm³/mol. The Kier molecular flexibility index (Phi) is 2.83. The SMILES string of the molecule is CCNC1C(=O)Nc2c(C)cc(OC)cc21. The van der Waals surface area contributed by atoms with Crippen molar-refractivity contribution in [1.29, 1.82) is 0 Å². The molecule has 0 saturated carbocycles. The largest absolute Gasteiger partial charge is 0.497 e. The molecule has 0 aliphatic carbocycles. The highest BCUT2D eigenvalue weighted by molar-refractivity contribution is 6.03. The first-order valence-electron chi connectivity index (χ1n) is 5.40. The van der Waals surface area contributed by atoms with Crippen LogP contribution in [-0.2, 0) is 4.79 Å². The lowest BCUT2D eigenvalue weighted by atomic mass is 10.0. The first-order valence-corrected chi connectivity index (χ1v) is 5.40. The van der Waals surface area contributed by atoms with E-state index in [9.17, 15) is 4.79 Å². The number of likely N-dealkylation sites (N-methyl/N-ethyl adjacent to an activating group) is 1. The van der Waals surface area contributed by atoms with Gasteiger partial charge in [0, 0.05) is 11.3 Å². The zero-order valence-electron chi connectivity index (χ0n) is 9.76. The van der Waals surface area contributed by atoms with Gasteiger partial charge in [0.25, 0.3) is 0 Å². The lowest BCUT2D eigenvalue weighted by Gasteiger charge is -2.11. The van der Waals surface area contributed by atoms with Crippen molar-refractivity contribution in [2.75, 3.05) is 19.0 Å². The van der Waals surface area contributed by atoms with Gasteiger partial charge in [0.1, 0.15) is 11.8 Å². The first kappa shape index (κ1) is 11.0. The molecule has 16 heavy (non-hydrogen) atoms. The molecule has 1 aliphatic heterocycles. The Morgan fingerprint density at radius 3 is 2.88 bits per heavy atom. The van der Waals surface area contributed by atoms with Gasteiger partial charge in [0.15, 0.2) is 0 Å². The third kappa shape index (κ3) is 1.65. The maximum Gasteiger partial charge on any atom is 0.246 e. The Bertz CT molecular complexity index is 429. The lowest BCUT2D eigenvalue weighted by molar-refractivity contribution is -0.117. The summed E-state index contributed by atoms with van der Waals surface area (Å²) in [6.45, 7) is 4.71. The Balaban J connectivity index is 2.46. The van der Waals surface area contributed by atoms with E-state index in [1.807, 2.05) is 26.0 Å². The molecule has 2 rings (SSSR count). The summed E-state index contributed by atoms with van der Waals surface area (Å²) in [5.41, 5.74) is 2.92. The second-order valence-corrected chi connectivity index (χ2v) is 3.89. The van der Waals surface area contributed by atoms with Gasteiger partial charge < -0.3 is 15.4 Å². The molecule has 4 nitrogen and oxygen atoms in total. The van der Waals surface area contributed by atoms with Gasteiger partial charge in [-0.2, -0.15) is 0 Å². The van der Waals surface area contributed by atoms with Crippen LogP contribution < -0.4 is 15.4 Å². The smallest absolute Gasteiger partial charge is 0.246 e. The van der Waals surface area contributed by atoms with Crippen LogP contribution in [0.1, 0.15) is 24.1 Å². The molecule has 1 aromatic carbocycles. The van der Waals surface area contributed by atoms with E-state index in [-0.39, 0.29) is 11.9 Å². The van der Waals surface area contributed by atoms with E-state index in [2.05, 4.69) is 10.6 Å². The van der Waals surface area contributed by atoms with Gasteiger partial charge in [-0.05, 0) is 31.2 Å². The molecule has 0 aromatic heterocycles. The van der Waals surface area contributed by atoms with Crippen LogP contribution in [0, 0.1) is 6.92 Å². The normalized spacial score (nSPS) is 18.2. The van der Waals surface area contributed by atoms with Gasteiger partial charge in [-0.25, -0.2) is 0 Å². The van der Waals surface area contributed by atoms with Crippen LogP contribution >= 0.6 is 0 Å². The summed E-state index contributed by atoms with van der Waals surface area (Å²) < 4.78 is 5.22. The second-order valence-electron chi connectivity index (χ2n) is 3.89. The van der Waals surface area contributed by atoms with Crippen LogP contribution in [0.5, 0.6) is 5.75 Å². The summed E-state index contributed by atoms with van der Waals surface area (Å²) in [5.74, 6) is 0.795. The fourth-order valence-corrected chi connectivity index (χ4v) is 2.04. The van der Waals surface area contributed by atoms with Crippen LogP contribution in [0.15, 0.2) is 12.1 Å². The molecule has 1 amide bonds. The molecule has 86 valence electrons. The third-order valence-corrected chi connectivity index (χ3v) is 2.80. The number of anilines is 1. The number of carbonyl (C=O) groups excluding carboxylic acids is 1.